The van der Waals surface area contributed by atoms with E-state index in [1.807, 2.05) is 0 Å². The minimum atomic E-state index is 0.384. The van der Waals surface area contributed by atoms with Gasteiger partial charge in [0.25, 0.3) is 0 Å². The summed E-state index contributed by atoms with van der Waals surface area (Å²) in [5.41, 5.74) is 0.384. The first kappa shape index (κ1) is 7.03. The van der Waals surface area contributed by atoms with E-state index in [1.54, 1.807) is 0 Å². The van der Waals surface area contributed by atoms with Crippen LogP contribution < -0.4 is 10.6 Å². The van der Waals surface area contributed by atoms with Gasteiger partial charge in [-0.05, 0) is 26.4 Å². The van der Waals surface area contributed by atoms with Crippen molar-refractivity contribution >= 4 is 0 Å². The molecule has 0 spiro atoms. The third-order valence-electron chi connectivity index (χ3n) is 1.97. The Balaban J connectivity index is 2.32. The molecule has 1 unspecified atom stereocenters. The second-order valence-electron chi connectivity index (χ2n) is 3.02. The maximum atomic E-state index is 3.46. The fourth-order valence-electron chi connectivity index (χ4n) is 1.39. The van der Waals surface area contributed by atoms with Crippen molar-refractivity contribution in [2.24, 2.45) is 0 Å². The van der Waals surface area contributed by atoms with Crippen LogP contribution in [-0.4, -0.2) is 25.2 Å². The van der Waals surface area contributed by atoms with Crippen LogP contribution in [0.25, 0.3) is 0 Å². The zero-order chi connectivity index (χ0) is 6.74. The topological polar surface area (TPSA) is 24.1 Å². The Morgan fingerprint density at radius 3 is 2.89 bits per heavy atom. The quantitative estimate of drug-likeness (QED) is 0.560. The van der Waals surface area contributed by atoms with Gasteiger partial charge < -0.3 is 10.6 Å². The van der Waals surface area contributed by atoms with E-state index >= 15 is 0 Å². The molecule has 1 aliphatic rings. The summed E-state index contributed by atoms with van der Waals surface area (Å²) in [5, 5.41) is 6.79. The minimum absolute atomic E-state index is 0.384. The van der Waals surface area contributed by atoms with Crippen molar-refractivity contribution in [1.29, 1.82) is 0 Å². The van der Waals surface area contributed by atoms with E-state index in [0.717, 1.165) is 13.1 Å². The smallest absolute Gasteiger partial charge is 0.0289 e. The van der Waals surface area contributed by atoms with Gasteiger partial charge in [0.1, 0.15) is 0 Å². The average Bonchev–Trinajstić information content (AvgIpc) is 2.16. The molecule has 0 bridgehead atoms. The minimum Gasteiger partial charge on any atom is -0.315 e. The fraction of sp³-hybridized carbons (Fsp3) is 1.00. The highest BCUT2D eigenvalue weighted by atomic mass is 15.1. The van der Waals surface area contributed by atoms with E-state index in [4.69, 9.17) is 0 Å². The second kappa shape index (κ2) is 2.67. The van der Waals surface area contributed by atoms with Gasteiger partial charge in [0.15, 0.2) is 0 Å². The maximum Gasteiger partial charge on any atom is 0.0289 e. The van der Waals surface area contributed by atoms with E-state index in [2.05, 4.69) is 24.5 Å². The van der Waals surface area contributed by atoms with Crippen LogP contribution in [0.1, 0.15) is 20.3 Å². The largest absolute Gasteiger partial charge is 0.315 e. The van der Waals surface area contributed by atoms with Gasteiger partial charge in [-0.2, -0.15) is 0 Å². The fourth-order valence-corrected chi connectivity index (χ4v) is 1.39. The number of hydrogen-bond donors (Lipinski definition) is 2. The highest BCUT2D eigenvalue weighted by Gasteiger charge is 2.26. The molecule has 0 aromatic heterocycles. The molecule has 2 N–H and O–H groups in total. The van der Waals surface area contributed by atoms with Crippen molar-refractivity contribution in [2.45, 2.75) is 25.8 Å². The predicted molar refractivity (Wildman–Crippen MR) is 39.6 cm³/mol. The van der Waals surface area contributed by atoms with Crippen molar-refractivity contribution in [1.82, 2.24) is 10.6 Å². The molecular formula is C7H16N2. The summed E-state index contributed by atoms with van der Waals surface area (Å²) in [7, 11) is 0. The molecule has 2 heteroatoms. The Labute approximate surface area is 57.0 Å². The molecule has 0 aromatic rings. The molecule has 9 heavy (non-hydrogen) atoms. The number of hydrogen-bond acceptors (Lipinski definition) is 2. The van der Waals surface area contributed by atoms with Gasteiger partial charge in [0.2, 0.25) is 0 Å². The molecule has 1 aliphatic heterocycles. The SMILES string of the molecule is CCNC1(C)CCNC1. The van der Waals surface area contributed by atoms with Gasteiger partial charge in [-0.3, -0.25) is 0 Å². The van der Waals surface area contributed by atoms with Crippen LogP contribution in [0.5, 0.6) is 0 Å². The van der Waals surface area contributed by atoms with E-state index in [9.17, 15) is 0 Å². The zero-order valence-electron chi connectivity index (χ0n) is 6.33. The summed E-state index contributed by atoms with van der Waals surface area (Å²) >= 11 is 0. The van der Waals surface area contributed by atoms with Gasteiger partial charge >= 0.3 is 0 Å². The molecule has 0 aromatic carbocycles. The van der Waals surface area contributed by atoms with Gasteiger partial charge in [-0.15, -0.1) is 0 Å². The highest BCUT2D eigenvalue weighted by molar-refractivity contribution is 4.90. The predicted octanol–water partition coefficient (Wildman–Crippen LogP) is 0.348. The summed E-state index contributed by atoms with van der Waals surface area (Å²) in [5.74, 6) is 0. The molecule has 54 valence electrons. The van der Waals surface area contributed by atoms with Crippen LogP contribution in [-0.2, 0) is 0 Å². The normalized spacial score (nSPS) is 35.3. The van der Waals surface area contributed by atoms with Crippen molar-refractivity contribution in [3.05, 3.63) is 0 Å². The average molecular weight is 128 g/mol. The van der Waals surface area contributed by atoms with Crippen LogP contribution in [0.2, 0.25) is 0 Å². The molecule has 1 saturated heterocycles. The summed E-state index contributed by atoms with van der Waals surface area (Å²) in [6, 6.07) is 0. The van der Waals surface area contributed by atoms with Crippen molar-refractivity contribution in [3.8, 4) is 0 Å². The molecule has 0 radical (unpaired) electrons. The van der Waals surface area contributed by atoms with Gasteiger partial charge in [-0.25, -0.2) is 0 Å². The Kier molecular flexibility index (Phi) is 2.09. The lowest BCUT2D eigenvalue weighted by Gasteiger charge is -2.23. The van der Waals surface area contributed by atoms with Gasteiger partial charge in [-0.1, -0.05) is 6.92 Å². The second-order valence-corrected chi connectivity index (χ2v) is 3.02. The monoisotopic (exact) mass is 128 g/mol. The summed E-state index contributed by atoms with van der Waals surface area (Å²) in [4.78, 5) is 0. The van der Waals surface area contributed by atoms with Crippen LogP contribution in [0, 0.1) is 0 Å². The highest BCUT2D eigenvalue weighted by Crippen LogP contribution is 2.11. The van der Waals surface area contributed by atoms with Crippen molar-refractivity contribution in [2.75, 3.05) is 19.6 Å². The third kappa shape index (κ3) is 1.66. The molecule has 1 heterocycles. The summed E-state index contributed by atoms with van der Waals surface area (Å²) < 4.78 is 0. The number of rotatable bonds is 2. The van der Waals surface area contributed by atoms with Gasteiger partial charge in [0, 0.05) is 12.1 Å². The van der Waals surface area contributed by atoms with Crippen molar-refractivity contribution in [3.63, 3.8) is 0 Å². The molecule has 1 atom stereocenters. The molecule has 0 aliphatic carbocycles. The standard InChI is InChI=1S/C7H16N2/c1-3-9-7(2)4-5-8-6-7/h8-9H,3-6H2,1-2H3. The van der Waals surface area contributed by atoms with Gasteiger partial charge in [0.05, 0.1) is 0 Å². The first-order valence-electron chi connectivity index (χ1n) is 3.72. The summed E-state index contributed by atoms with van der Waals surface area (Å²) in [6.07, 6.45) is 1.26. The molecule has 1 rings (SSSR count). The lowest BCUT2D eigenvalue weighted by atomic mass is 10.0. The molecular weight excluding hydrogens is 112 g/mol. The Bertz CT molecular complexity index is 84.9. The third-order valence-corrected chi connectivity index (χ3v) is 1.97. The summed E-state index contributed by atoms with van der Waals surface area (Å²) in [6.45, 7) is 7.81. The van der Waals surface area contributed by atoms with Crippen molar-refractivity contribution < 1.29 is 0 Å². The Morgan fingerprint density at radius 1 is 1.67 bits per heavy atom. The van der Waals surface area contributed by atoms with Crippen LogP contribution >= 0.6 is 0 Å². The number of nitrogens with one attached hydrogen (secondary N) is 2. The zero-order valence-corrected chi connectivity index (χ0v) is 6.33. The van der Waals surface area contributed by atoms with E-state index in [1.165, 1.54) is 13.0 Å². The lowest BCUT2D eigenvalue weighted by Crippen LogP contribution is -2.43. The Morgan fingerprint density at radius 2 is 2.44 bits per heavy atom. The van der Waals surface area contributed by atoms with E-state index < -0.39 is 0 Å². The van der Waals surface area contributed by atoms with Crippen LogP contribution in [0.4, 0.5) is 0 Å². The van der Waals surface area contributed by atoms with Crippen LogP contribution in [0.15, 0.2) is 0 Å². The molecule has 0 saturated carbocycles. The van der Waals surface area contributed by atoms with E-state index in [0.29, 0.717) is 5.54 Å². The lowest BCUT2D eigenvalue weighted by molar-refractivity contribution is 0.398. The number of likely N-dealkylation sites (N-methyl/N-ethyl adjacent to an activating group) is 1. The first-order chi connectivity index (χ1) is 4.27. The van der Waals surface area contributed by atoms with Crippen LogP contribution in [0.3, 0.4) is 0 Å². The molecule has 1 fully saturated rings. The first-order valence-corrected chi connectivity index (χ1v) is 3.72. The van der Waals surface area contributed by atoms with E-state index in [-0.39, 0.29) is 0 Å². The maximum absolute atomic E-state index is 3.46. The molecule has 2 nitrogen and oxygen atoms in total. The molecule has 0 amide bonds. The Hall–Kier alpha value is -0.0800.